The van der Waals surface area contributed by atoms with Crippen LogP contribution in [0, 0.1) is 5.92 Å². The summed E-state index contributed by atoms with van der Waals surface area (Å²) >= 11 is 1.66. The molecule has 1 aromatic heterocycles. The van der Waals surface area contributed by atoms with Crippen molar-refractivity contribution >= 4 is 23.6 Å². The minimum Gasteiger partial charge on any atom is -0.340 e. The standard InChI is InChI=1S/C20H27N7O2S/c1-11(2)10-21-13(12-8-6-5-7-9-12)17(28)22-14-18(29)27-15(16-23-25-26-24-16)20(3,4)30-19(14)27/h5-9,11,13-15,19,21H,10H2,1-4H3,(H,22,28)(H,23,24,25,26)/t13?,14?,15?,19-/m1/s1. The Morgan fingerprint density at radius 3 is 2.67 bits per heavy atom. The molecule has 0 radical (unpaired) electrons. The predicted octanol–water partition coefficient (Wildman–Crippen LogP) is 1.41. The van der Waals surface area contributed by atoms with Crippen molar-refractivity contribution < 1.29 is 9.59 Å². The molecule has 0 aliphatic carbocycles. The van der Waals surface area contributed by atoms with Gasteiger partial charge in [0.05, 0.1) is 0 Å². The number of rotatable bonds is 7. The number of fused-ring (bicyclic) bond motifs is 1. The van der Waals surface area contributed by atoms with E-state index in [9.17, 15) is 9.59 Å². The van der Waals surface area contributed by atoms with Gasteiger partial charge in [-0.3, -0.25) is 9.59 Å². The van der Waals surface area contributed by atoms with Crippen LogP contribution < -0.4 is 10.6 Å². The number of tetrazole rings is 1. The summed E-state index contributed by atoms with van der Waals surface area (Å²) in [6, 6.07) is 8.26. The van der Waals surface area contributed by atoms with Gasteiger partial charge in [-0.1, -0.05) is 44.2 Å². The first-order valence-corrected chi connectivity index (χ1v) is 11.0. The van der Waals surface area contributed by atoms with Crippen LogP contribution in [0.3, 0.4) is 0 Å². The molecule has 2 aliphatic rings. The number of nitrogens with zero attached hydrogens (tertiary/aromatic N) is 4. The number of hydrogen-bond acceptors (Lipinski definition) is 7. The average Bonchev–Trinajstić information content (AvgIpc) is 3.31. The normalized spacial score (nSPS) is 25.7. The molecule has 3 heterocycles. The summed E-state index contributed by atoms with van der Waals surface area (Å²) in [5, 5.41) is 20.3. The number of β-lactam (4-membered cyclic amide) rings is 1. The first-order chi connectivity index (χ1) is 14.3. The van der Waals surface area contributed by atoms with Gasteiger partial charge in [0.15, 0.2) is 5.82 Å². The summed E-state index contributed by atoms with van der Waals surface area (Å²) in [4.78, 5) is 27.9. The molecule has 0 saturated carbocycles. The molecule has 2 aliphatic heterocycles. The smallest absolute Gasteiger partial charge is 0.249 e. The molecular weight excluding hydrogens is 402 g/mol. The Bertz CT molecular complexity index is 903. The summed E-state index contributed by atoms with van der Waals surface area (Å²) < 4.78 is -0.282. The minimum atomic E-state index is -0.560. The molecule has 1 aromatic carbocycles. The summed E-state index contributed by atoms with van der Waals surface area (Å²) in [6.07, 6.45) is 0. The van der Waals surface area contributed by atoms with Crippen molar-refractivity contribution in [2.75, 3.05) is 6.54 Å². The second-order valence-corrected chi connectivity index (χ2v) is 10.4. The number of nitrogens with one attached hydrogen (secondary N) is 3. The Balaban J connectivity index is 1.50. The zero-order valence-corrected chi connectivity index (χ0v) is 18.3. The highest BCUT2D eigenvalue weighted by Gasteiger charge is 2.63. The lowest BCUT2D eigenvalue weighted by molar-refractivity contribution is -0.152. The highest BCUT2D eigenvalue weighted by molar-refractivity contribution is 8.01. The van der Waals surface area contributed by atoms with E-state index >= 15 is 0 Å². The molecule has 2 saturated heterocycles. The fraction of sp³-hybridized carbons (Fsp3) is 0.550. The lowest BCUT2D eigenvalue weighted by Gasteiger charge is -2.44. The molecule has 2 amide bonds. The Morgan fingerprint density at radius 1 is 1.30 bits per heavy atom. The largest absolute Gasteiger partial charge is 0.340 e. The maximum absolute atomic E-state index is 13.2. The Kier molecular flexibility index (Phi) is 5.54. The van der Waals surface area contributed by atoms with Crippen LogP contribution in [0.25, 0.3) is 0 Å². The second-order valence-electron chi connectivity index (χ2n) is 8.68. The third kappa shape index (κ3) is 3.69. The molecule has 3 N–H and O–H groups in total. The van der Waals surface area contributed by atoms with Crippen molar-refractivity contribution in [2.24, 2.45) is 5.92 Å². The van der Waals surface area contributed by atoms with Gasteiger partial charge in [0.25, 0.3) is 0 Å². The summed E-state index contributed by atoms with van der Waals surface area (Å²) in [5.74, 6) is 0.660. The first-order valence-electron chi connectivity index (χ1n) is 10.1. The van der Waals surface area contributed by atoms with E-state index in [1.165, 1.54) is 0 Å². The first kappa shape index (κ1) is 20.8. The van der Waals surface area contributed by atoms with Crippen LogP contribution in [-0.2, 0) is 9.59 Å². The van der Waals surface area contributed by atoms with E-state index in [4.69, 9.17) is 0 Å². The lowest BCUT2D eigenvalue weighted by atomic mass is 9.95. The number of carbonyl (C=O) groups is 2. The molecule has 4 atom stereocenters. The van der Waals surface area contributed by atoms with Crippen molar-refractivity contribution in [3.05, 3.63) is 41.7 Å². The van der Waals surface area contributed by atoms with Crippen molar-refractivity contribution in [3.63, 3.8) is 0 Å². The van der Waals surface area contributed by atoms with Crippen LogP contribution in [0.4, 0.5) is 0 Å². The van der Waals surface area contributed by atoms with Crippen molar-refractivity contribution in [2.45, 2.75) is 55.9 Å². The summed E-state index contributed by atoms with van der Waals surface area (Å²) in [5.41, 5.74) is 0.879. The molecule has 0 spiro atoms. The highest BCUT2D eigenvalue weighted by Crippen LogP contribution is 2.56. The maximum Gasteiger partial charge on any atom is 0.249 e. The molecule has 2 aromatic rings. The van der Waals surface area contributed by atoms with Gasteiger partial charge in [0.2, 0.25) is 11.8 Å². The van der Waals surface area contributed by atoms with Gasteiger partial charge < -0.3 is 15.5 Å². The van der Waals surface area contributed by atoms with Gasteiger partial charge in [0.1, 0.15) is 23.5 Å². The van der Waals surface area contributed by atoms with Crippen LogP contribution in [0.5, 0.6) is 0 Å². The number of aromatic amines is 1. The van der Waals surface area contributed by atoms with Gasteiger partial charge >= 0.3 is 0 Å². The lowest BCUT2D eigenvalue weighted by Crippen LogP contribution is -2.68. The van der Waals surface area contributed by atoms with E-state index in [0.717, 1.165) is 5.56 Å². The van der Waals surface area contributed by atoms with Crippen molar-refractivity contribution in [3.8, 4) is 0 Å². The molecule has 10 heteroatoms. The molecule has 30 heavy (non-hydrogen) atoms. The topological polar surface area (TPSA) is 116 Å². The Hall–Kier alpha value is -2.46. The van der Waals surface area contributed by atoms with Gasteiger partial charge in [-0.25, -0.2) is 5.10 Å². The third-order valence-corrected chi connectivity index (χ3v) is 7.06. The zero-order chi connectivity index (χ0) is 21.5. The third-order valence-electron chi connectivity index (χ3n) is 5.48. The fourth-order valence-electron chi connectivity index (χ4n) is 4.07. The maximum atomic E-state index is 13.2. The van der Waals surface area contributed by atoms with E-state index in [0.29, 0.717) is 18.3 Å². The fourth-order valence-corrected chi connectivity index (χ4v) is 5.71. The Labute approximate surface area is 179 Å². The van der Waals surface area contributed by atoms with E-state index in [1.807, 2.05) is 30.3 Å². The number of benzene rings is 1. The van der Waals surface area contributed by atoms with E-state index in [-0.39, 0.29) is 28.0 Å². The van der Waals surface area contributed by atoms with Crippen LogP contribution in [-0.4, -0.2) is 60.0 Å². The monoisotopic (exact) mass is 429 g/mol. The molecular formula is C20H27N7O2S. The van der Waals surface area contributed by atoms with Crippen molar-refractivity contribution in [1.29, 1.82) is 0 Å². The quantitative estimate of drug-likeness (QED) is 0.570. The van der Waals surface area contributed by atoms with Crippen molar-refractivity contribution in [1.82, 2.24) is 36.2 Å². The van der Waals surface area contributed by atoms with Crippen LogP contribution in [0.2, 0.25) is 0 Å². The SMILES string of the molecule is CC(C)CNC(C(=O)NC1C(=O)N2C(c3nnn[nH]3)C(C)(C)S[C@H]12)c1ccccc1. The number of carbonyl (C=O) groups excluding carboxylic acids is 2. The van der Waals surface area contributed by atoms with Gasteiger partial charge in [-0.15, -0.1) is 16.9 Å². The van der Waals surface area contributed by atoms with E-state index in [2.05, 4.69) is 59.0 Å². The Morgan fingerprint density at radius 2 is 2.03 bits per heavy atom. The molecule has 3 unspecified atom stereocenters. The van der Waals surface area contributed by atoms with Gasteiger partial charge in [0, 0.05) is 4.75 Å². The highest BCUT2D eigenvalue weighted by atomic mass is 32.2. The van der Waals surface area contributed by atoms with Gasteiger partial charge in [-0.05, 0) is 42.3 Å². The predicted molar refractivity (Wildman–Crippen MR) is 113 cm³/mol. The molecule has 2 fully saturated rings. The summed E-state index contributed by atoms with van der Waals surface area (Å²) in [6.45, 7) is 9.01. The van der Waals surface area contributed by atoms with Crippen LogP contribution in [0.1, 0.15) is 51.2 Å². The van der Waals surface area contributed by atoms with Crippen LogP contribution >= 0.6 is 11.8 Å². The number of thioether (sulfide) groups is 1. The van der Waals surface area contributed by atoms with E-state index in [1.54, 1.807) is 16.7 Å². The molecule has 0 bridgehead atoms. The van der Waals surface area contributed by atoms with E-state index < -0.39 is 12.1 Å². The number of aromatic nitrogens is 4. The number of H-pyrrole nitrogens is 1. The zero-order valence-electron chi connectivity index (χ0n) is 17.5. The average molecular weight is 430 g/mol. The minimum absolute atomic E-state index is 0.108. The number of amides is 2. The number of hydrogen-bond donors (Lipinski definition) is 3. The molecule has 160 valence electrons. The van der Waals surface area contributed by atoms with Crippen LogP contribution in [0.15, 0.2) is 30.3 Å². The molecule has 4 rings (SSSR count). The second kappa shape index (κ2) is 7.99. The molecule has 9 nitrogen and oxygen atoms in total. The van der Waals surface area contributed by atoms with Gasteiger partial charge in [-0.2, -0.15) is 0 Å². The summed E-state index contributed by atoms with van der Waals surface area (Å²) in [7, 11) is 0.